The smallest absolute Gasteiger partial charge is 0.349 e. The van der Waals surface area contributed by atoms with Crippen molar-refractivity contribution in [2.75, 3.05) is 5.43 Å². The molecule has 0 aliphatic rings. The molecule has 2 aromatic rings. The molecule has 1 heterocycles. The molecule has 0 saturated heterocycles. The molecule has 104 valence electrons. The van der Waals surface area contributed by atoms with Crippen molar-refractivity contribution < 1.29 is 9.66 Å². The number of aromatic nitrogens is 2. The highest BCUT2D eigenvalue weighted by Gasteiger charge is 2.20. The second-order valence-corrected chi connectivity index (χ2v) is 4.23. The maximum atomic E-state index is 10.9. The summed E-state index contributed by atoms with van der Waals surface area (Å²) < 4.78 is 5.40. The number of nitrogens with two attached hydrogens (primary N) is 1. The summed E-state index contributed by atoms with van der Waals surface area (Å²) in [5.41, 5.74) is 2.69. The lowest BCUT2D eigenvalue weighted by Gasteiger charge is -2.08. The number of benzene rings is 1. The van der Waals surface area contributed by atoms with E-state index in [-0.39, 0.29) is 23.3 Å². The number of rotatable bonds is 4. The van der Waals surface area contributed by atoms with Crippen LogP contribution in [0.15, 0.2) is 24.4 Å². The van der Waals surface area contributed by atoms with Crippen LogP contribution in [0.3, 0.4) is 0 Å². The van der Waals surface area contributed by atoms with Gasteiger partial charge >= 0.3 is 11.6 Å². The summed E-state index contributed by atoms with van der Waals surface area (Å²) in [5.74, 6) is 5.18. The van der Waals surface area contributed by atoms with E-state index in [1.807, 2.05) is 6.92 Å². The first-order valence-corrected chi connectivity index (χ1v) is 5.81. The van der Waals surface area contributed by atoms with Crippen LogP contribution in [-0.4, -0.2) is 14.9 Å². The summed E-state index contributed by atoms with van der Waals surface area (Å²) in [6.45, 7) is 1.84. The minimum Gasteiger partial charge on any atom is -0.432 e. The van der Waals surface area contributed by atoms with Gasteiger partial charge in [0, 0.05) is 0 Å². The molecule has 1 aromatic heterocycles. The van der Waals surface area contributed by atoms with E-state index in [1.165, 1.54) is 0 Å². The quantitative estimate of drug-likeness (QED) is 0.505. The minimum absolute atomic E-state index is 0.00521. The molecule has 0 fully saturated rings. The van der Waals surface area contributed by atoms with Gasteiger partial charge < -0.3 is 4.74 Å². The number of nitrogens with zero attached hydrogens (tertiary/aromatic N) is 3. The Hall–Kier alpha value is -2.45. The van der Waals surface area contributed by atoms with Crippen LogP contribution in [0.5, 0.6) is 11.6 Å². The van der Waals surface area contributed by atoms with E-state index in [0.717, 1.165) is 11.8 Å². The van der Waals surface area contributed by atoms with Crippen molar-refractivity contribution in [2.24, 2.45) is 5.84 Å². The summed E-state index contributed by atoms with van der Waals surface area (Å²) in [5, 5.41) is 11.2. The molecular formula is C11H10ClN5O3. The van der Waals surface area contributed by atoms with Crippen LogP contribution in [0.4, 0.5) is 11.6 Å². The molecule has 0 spiro atoms. The lowest BCUT2D eigenvalue weighted by atomic mass is 10.2. The topological polar surface area (TPSA) is 116 Å². The van der Waals surface area contributed by atoms with Gasteiger partial charge in [-0.15, -0.1) is 0 Å². The molecule has 0 aliphatic heterocycles. The Kier molecular flexibility index (Phi) is 3.97. The van der Waals surface area contributed by atoms with Crippen molar-refractivity contribution >= 4 is 23.2 Å². The van der Waals surface area contributed by atoms with Gasteiger partial charge in [0.2, 0.25) is 5.95 Å². The van der Waals surface area contributed by atoms with Crippen LogP contribution in [0.2, 0.25) is 5.02 Å². The fourth-order valence-corrected chi connectivity index (χ4v) is 1.58. The van der Waals surface area contributed by atoms with Crippen molar-refractivity contribution in [3.8, 4) is 11.6 Å². The molecule has 20 heavy (non-hydrogen) atoms. The van der Waals surface area contributed by atoms with Gasteiger partial charge in [-0.3, -0.25) is 15.5 Å². The highest BCUT2D eigenvalue weighted by molar-refractivity contribution is 6.32. The van der Waals surface area contributed by atoms with Crippen LogP contribution < -0.4 is 16.0 Å². The van der Waals surface area contributed by atoms with E-state index in [4.69, 9.17) is 22.2 Å². The summed E-state index contributed by atoms with van der Waals surface area (Å²) in [4.78, 5) is 17.7. The predicted molar refractivity (Wildman–Crippen MR) is 72.8 cm³/mol. The molecule has 0 saturated carbocycles. The molecule has 0 aliphatic carbocycles. The fourth-order valence-electron chi connectivity index (χ4n) is 1.42. The molecule has 1 aromatic carbocycles. The van der Waals surface area contributed by atoms with Crippen molar-refractivity contribution in [1.29, 1.82) is 0 Å². The molecule has 8 nitrogen and oxygen atoms in total. The first-order valence-electron chi connectivity index (χ1n) is 5.43. The highest BCUT2D eigenvalue weighted by atomic mass is 35.5. The van der Waals surface area contributed by atoms with Crippen LogP contribution in [-0.2, 0) is 0 Å². The summed E-state index contributed by atoms with van der Waals surface area (Å²) in [6.07, 6.45) is 1.00. The second-order valence-electron chi connectivity index (χ2n) is 3.82. The van der Waals surface area contributed by atoms with Crippen LogP contribution in [0.1, 0.15) is 5.56 Å². The van der Waals surface area contributed by atoms with Crippen LogP contribution in [0.25, 0.3) is 0 Å². The molecule has 0 unspecified atom stereocenters. The number of hydrogen-bond donors (Lipinski definition) is 2. The number of nitrogens with one attached hydrogen (secondary N) is 1. The monoisotopic (exact) mass is 295 g/mol. The van der Waals surface area contributed by atoms with Crippen molar-refractivity contribution in [3.63, 3.8) is 0 Å². The number of ether oxygens (including phenoxy) is 1. The molecule has 3 N–H and O–H groups in total. The third-order valence-corrected chi connectivity index (χ3v) is 2.67. The van der Waals surface area contributed by atoms with Crippen molar-refractivity contribution in [3.05, 3.63) is 45.1 Å². The maximum absolute atomic E-state index is 10.9. The normalized spacial score (nSPS) is 10.2. The largest absolute Gasteiger partial charge is 0.432 e. The van der Waals surface area contributed by atoms with E-state index in [0.29, 0.717) is 5.02 Å². The Morgan fingerprint density at radius 2 is 2.25 bits per heavy atom. The zero-order valence-corrected chi connectivity index (χ0v) is 11.1. The molecule has 2 rings (SSSR count). The third-order valence-electron chi connectivity index (χ3n) is 2.35. The Morgan fingerprint density at radius 1 is 1.50 bits per heavy atom. The standard InChI is InChI=1S/C11H10ClN5O3/c1-6-2-3-7(12)9(4-6)20-10-8(17(18)19)5-14-11(15-10)16-13/h2-5H,13H2,1H3,(H,14,15,16). The SMILES string of the molecule is Cc1ccc(Cl)c(Oc2nc(NN)ncc2[N+](=O)[O-])c1. The number of nitrogen functional groups attached to an aromatic ring is 1. The van der Waals surface area contributed by atoms with E-state index >= 15 is 0 Å². The van der Waals surface area contributed by atoms with Gasteiger partial charge in [-0.25, -0.2) is 10.8 Å². The summed E-state index contributed by atoms with van der Waals surface area (Å²) in [7, 11) is 0. The van der Waals surface area contributed by atoms with Crippen molar-refractivity contribution in [1.82, 2.24) is 9.97 Å². The maximum Gasteiger partial charge on any atom is 0.349 e. The molecule has 9 heteroatoms. The zero-order valence-electron chi connectivity index (χ0n) is 10.3. The predicted octanol–water partition coefficient (Wildman–Crippen LogP) is 2.42. The molecule has 0 bridgehead atoms. The van der Waals surface area contributed by atoms with Crippen LogP contribution >= 0.6 is 11.6 Å². The van der Waals surface area contributed by atoms with Gasteiger partial charge in [0.15, 0.2) is 0 Å². The number of hydrogen-bond acceptors (Lipinski definition) is 7. The molecular weight excluding hydrogens is 286 g/mol. The second kappa shape index (κ2) is 5.68. The van der Waals surface area contributed by atoms with Gasteiger partial charge in [-0.1, -0.05) is 17.7 Å². The van der Waals surface area contributed by atoms with Gasteiger partial charge in [-0.2, -0.15) is 4.98 Å². The summed E-state index contributed by atoms with van der Waals surface area (Å²) in [6, 6.07) is 5.06. The molecule has 0 amide bonds. The Labute approximate surface area is 118 Å². The van der Waals surface area contributed by atoms with Crippen molar-refractivity contribution in [2.45, 2.75) is 6.92 Å². The van der Waals surface area contributed by atoms with E-state index in [9.17, 15) is 10.1 Å². The number of aryl methyl sites for hydroxylation is 1. The fraction of sp³-hybridized carbons (Fsp3) is 0.0909. The summed E-state index contributed by atoms with van der Waals surface area (Å²) >= 11 is 5.97. The Bertz CT molecular complexity index is 665. The zero-order chi connectivity index (χ0) is 14.7. The van der Waals surface area contributed by atoms with E-state index < -0.39 is 4.92 Å². The van der Waals surface area contributed by atoms with Crippen LogP contribution in [0, 0.1) is 17.0 Å². The number of hydrazine groups is 1. The first-order chi connectivity index (χ1) is 9.51. The Morgan fingerprint density at radius 3 is 2.90 bits per heavy atom. The van der Waals surface area contributed by atoms with Gasteiger partial charge in [0.1, 0.15) is 11.9 Å². The van der Waals surface area contributed by atoms with Gasteiger partial charge in [-0.05, 0) is 24.6 Å². The van der Waals surface area contributed by atoms with E-state index in [1.54, 1.807) is 18.2 Å². The molecule has 0 radical (unpaired) electrons. The average Bonchev–Trinajstić information content (AvgIpc) is 2.42. The Balaban J connectivity index is 2.45. The van der Waals surface area contributed by atoms with E-state index in [2.05, 4.69) is 15.4 Å². The third kappa shape index (κ3) is 2.92. The van der Waals surface area contributed by atoms with Gasteiger partial charge in [0.05, 0.1) is 9.95 Å². The lowest BCUT2D eigenvalue weighted by Crippen LogP contribution is -2.11. The molecule has 0 atom stereocenters. The highest BCUT2D eigenvalue weighted by Crippen LogP contribution is 2.33. The number of anilines is 1. The number of halogens is 1. The van der Waals surface area contributed by atoms with Gasteiger partial charge in [0.25, 0.3) is 0 Å². The lowest BCUT2D eigenvalue weighted by molar-refractivity contribution is -0.386. The average molecular weight is 296 g/mol. The minimum atomic E-state index is -0.653. The first kappa shape index (κ1) is 14.0. The number of nitro groups is 1.